The molecule has 1 aliphatic carbocycles. The number of alkyl halides is 6. The van der Waals surface area contributed by atoms with Gasteiger partial charge in [0.2, 0.25) is 11.8 Å². The van der Waals surface area contributed by atoms with Crippen LogP contribution < -0.4 is 9.64 Å². The van der Waals surface area contributed by atoms with E-state index in [2.05, 4.69) is 4.98 Å². The van der Waals surface area contributed by atoms with Crippen LogP contribution in [0.2, 0.25) is 5.02 Å². The van der Waals surface area contributed by atoms with Gasteiger partial charge in [-0.3, -0.25) is 14.6 Å². The Bertz CT molecular complexity index is 2090. The SMILES string of the molecule is O=C1[C@@H]2[C@@H](CC(COc3ccccc3)=C([C@H](O)CC/C(=C/c3ccc(O)cc3Cl)c3ccccn3)[C@@H]2CO)C(=O)N1c1cc(C(F)(F)F)cc(C(F)(F)F)c1. The summed E-state index contributed by atoms with van der Waals surface area (Å²) in [6.07, 6.45) is -8.66. The number of anilines is 1. The lowest BCUT2D eigenvalue weighted by molar-refractivity contribution is -0.143. The van der Waals surface area contributed by atoms with E-state index in [9.17, 15) is 51.3 Å². The standard InChI is InChI=1S/C40H33ClF6N2O6/c41-32-19-28(51)11-9-22(32)14-23(33-8-4-5-13-48-33)10-12-34(52)35-24(21-55-29-6-2-1-3-7-29)15-30-36(31(35)20-50)38(54)49(37(30)53)27-17-25(39(42,43)44)16-26(18-27)40(45,46)47/h1-9,11,13-14,16-19,30-31,34,36,50-52H,10,12,15,20-21H2/b23-14-/t30-,31+,34-,36-/m1/s1. The van der Waals surface area contributed by atoms with Crippen LogP contribution in [0.1, 0.15) is 41.6 Å². The van der Waals surface area contributed by atoms with Crippen molar-refractivity contribution in [3.05, 3.63) is 130 Å². The highest BCUT2D eigenvalue weighted by atomic mass is 35.5. The van der Waals surface area contributed by atoms with Gasteiger partial charge in [0.15, 0.2) is 0 Å². The Hall–Kier alpha value is -5.18. The van der Waals surface area contributed by atoms with Crippen LogP contribution in [0, 0.1) is 17.8 Å². The van der Waals surface area contributed by atoms with Crippen molar-refractivity contribution in [3.63, 3.8) is 0 Å². The fourth-order valence-electron chi connectivity index (χ4n) is 7.20. The van der Waals surface area contributed by atoms with E-state index < -0.39 is 71.4 Å². The number of rotatable bonds is 11. The van der Waals surface area contributed by atoms with Crippen molar-refractivity contribution < 1.29 is 56.0 Å². The first-order valence-electron chi connectivity index (χ1n) is 17.0. The Morgan fingerprint density at radius 2 is 1.60 bits per heavy atom. The third kappa shape index (κ3) is 8.56. The van der Waals surface area contributed by atoms with Crippen LogP contribution in [-0.4, -0.2) is 51.4 Å². The Balaban J connectivity index is 1.38. The Morgan fingerprint density at radius 1 is 0.927 bits per heavy atom. The van der Waals surface area contributed by atoms with Crippen molar-refractivity contribution >= 4 is 40.8 Å². The molecule has 0 bridgehead atoms. The summed E-state index contributed by atoms with van der Waals surface area (Å²) in [5, 5.41) is 32.8. The maximum Gasteiger partial charge on any atom is 0.416 e. The lowest BCUT2D eigenvalue weighted by Gasteiger charge is -2.36. The Kier molecular flexibility index (Phi) is 11.4. The van der Waals surface area contributed by atoms with Gasteiger partial charge in [0.25, 0.3) is 0 Å². The number of amides is 2. The maximum atomic E-state index is 14.1. The first-order valence-corrected chi connectivity index (χ1v) is 17.4. The molecule has 8 nitrogen and oxygen atoms in total. The number of halogens is 7. The number of aliphatic hydroxyl groups is 2. The first-order chi connectivity index (χ1) is 26.1. The Labute approximate surface area is 316 Å². The Morgan fingerprint density at radius 3 is 2.20 bits per heavy atom. The molecule has 3 aromatic carbocycles. The predicted octanol–water partition coefficient (Wildman–Crippen LogP) is 8.35. The second kappa shape index (κ2) is 15.9. The third-order valence-corrected chi connectivity index (χ3v) is 10.0. The number of ether oxygens (including phenoxy) is 1. The molecule has 0 unspecified atom stereocenters. The number of benzene rings is 3. The van der Waals surface area contributed by atoms with Gasteiger partial charge in [0.05, 0.1) is 52.1 Å². The van der Waals surface area contributed by atoms with Crippen LogP contribution in [0.4, 0.5) is 32.0 Å². The minimum atomic E-state index is -5.24. The first kappa shape index (κ1) is 39.5. The molecule has 288 valence electrons. The van der Waals surface area contributed by atoms with Crippen LogP contribution in [0.15, 0.2) is 102 Å². The predicted molar refractivity (Wildman–Crippen MR) is 191 cm³/mol. The number of para-hydroxylation sites is 1. The number of hydrogen-bond donors (Lipinski definition) is 3. The van der Waals surface area contributed by atoms with E-state index in [1.54, 1.807) is 66.9 Å². The molecule has 3 N–H and O–H groups in total. The third-order valence-electron chi connectivity index (χ3n) is 9.72. The number of pyridine rings is 1. The summed E-state index contributed by atoms with van der Waals surface area (Å²) in [7, 11) is 0. The molecule has 2 aliphatic rings. The van der Waals surface area contributed by atoms with Crippen molar-refractivity contribution in [2.75, 3.05) is 18.1 Å². The number of imide groups is 1. The van der Waals surface area contributed by atoms with Gasteiger partial charge in [-0.05, 0) is 108 Å². The van der Waals surface area contributed by atoms with Gasteiger partial charge in [0.1, 0.15) is 18.1 Å². The summed E-state index contributed by atoms with van der Waals surface area (Å²) in [6, 6.07) is 18.6. The zero-order chi connectivity index (χ0) is 39.7. The van der Waals surface area contributed by atoms with E-state index in [0.717, 1.165) is 0 Å². The molecular formula is C40H33ClF6N2O6. The van der Waals surface area contributed by atoms with Gasteiger partial charge >= 0.3 is 12.4 Å². The minimum absolute atomic E-state index is 0.0232. The fraction of sp³-hybridized carbons (Fsp3) is 0.275. The number of nitrogens with zero attached hydrogens (tertiary/aromatic N) is 2. The van der Waals surface area contributed by atoms with Crippen LogP contribution in [0.25, 0.3) is 11.6 Å². The summed E-state index contributed by atoms with van der Waals surface area (Å²) in [5.74, 6) is -5.76. The average molecular weight is 787 g/mol. The molecule has 1 saturated heterocycles. The molecule has 0 radical (unpaired) electrons. The van der Waals surface area contributed by atoms with Gasteiger partial charge in [-0.15, -0.1) is 0 Å². The number of aromatic hydroxyl groups is 1. The molecule has 1 aromatic heterocycles. The van der Waals surface area contributed by atoms with Crippen LogP contribution in [-0.2, 0) is 21.9 Å². The molecule has 55 heavy (non-hydrogen) atoms. The van der Waals surface area contributed by atoms with E-state index >= 15 is 0 Å². The van der Waals surface area contributed by atoms with Gasteiger partial charge < -0.3 is 20.1 Å². The second-order valence-electron chi connectivity index (χ2n) is 13.2. The highest BCUT2D eigenvalue weighted by Crippen LogP contribution is 2.49. The van der Waals surface area contributed by atoms with Crippen molar-refractivity contribution in [3.8, 4) is 11.5 Å². The monoisotopic (exact) mass is 786 g/mol. The number of phenols is 1. The van der Waals surface area contributed by atoms with Crippen LogP contribution in [0.3, 0.4) is 0 Å². The normalized spacial score (nSPS) is 19.8. The highest BCUT2D eigenvalue weighted by molar-refractivity contribution is 6.32. The largest absolute Gasteiger partial charge is 0.508 e. The van der Waals surface area contributed by atoms with E-state index in [0.29, 0.717) is 45.2 Å². The van der Waals surface area contributed by atoms with Gasteiger partial charge in [0, 0.05) is 12.1 Å². The van der Waals surface area contributed by atoms with E-state index in [-0.39, 0.29) is 48.3 Å². The number of carbonyl (C=O) groups excluding carboxylic acids is 2. The van der Waals surface area contributed by atoms with Crippen molar-refractivity contribution in [1.82, 2.24) is 4.98 Å². The summed E-state index contributed by atoms with van der Waals surface area (Å²) in [4.78, 5) is 32.7. The minimum Gasteiger partial charge on any atom is -0.508 e. The number of aliphatic hydroxyl groups excluding tert-OH is 2. The molecule has 1 fully saturated rings. The summed E-state index contributed by atoms with van der Waals surface area (Å²) in [5.41, 5.74) is -2.12. The molecule has 2 amide bonds. The number of fused-ring (bicyclic) bond motifs is 1. The number of allylic oxidation sites excluding steroid dienone is 1. The van der Waals surface area contributed by atoms with Gasteiger partial charge in [-0.25, -0.2) is 4.90 Å². The maximum absolute atomic E-state index is 14.1. The van der Waals surface area contributed by atoms with Crippen LogP contribution in [0.5, 0.6) is 11.5 Å². The molecule has 4 aromatic rings. The smallest absolute Gasteiger partial charge is 0.416 e. The van der Waals surface area contributed by atoms with E-state index in [1.165, 1.54) is 12.1 Å². The lowest BCUT2D eigenvalue weighted by atomic mass is 9.68. The molecule has 0 saturated carbocycles. The zero-order valence-electron chi connectivity index (χ0n) is 28.7. The number of phenolic OH excluding ortho intramolecular Hbond substituents is 1. The molecule has 0 spiro atoms. The molecule has 2 heterocycles. The molecule has 4 atom stereocenters. The van der Waals surface area contributed by atoms with Crippen molar-refractivity contribution in [2.24, 2.45) is 17.8 Å². The number of carbonyl (C=O) groups is 2. The lowest BCUT2D eigenvalue weighted by Crippen LogP contribution is -2.40. The number of aromatic nitrogens is 1. The second-order valence-corrected chi connectivity index (χ2v) is 13.6. The highest BCUT2D eigenvalue weighted by Gasteiger charge is 2.56. The molecule has 6 rings (SSSR count). The zero-order valence-corrected chi connectivity index (χ0v) is 29.4. The summed E-state index contributed by atoms with van der Waals surface area (Å²) < 4.78 is 88.7. The van der Waals surface area contributed by atoms with Gasteiger partial charge in [-0.2, -0.15) is 26.3 Å². The summed E-state index contributed by atoms with van der Waals surface area (Å²) >= 11 is 6.38. The molecule has 1 aliphatic heterocycles. The fourth-order valence-corrected chi connectivity index (χ4v) is 7.43. The quantitative estimate of drug-likeness (QED) is 0.0795. The van der Waals surface area contributed by atoms with Gasteiger partial charge in [-0.1, -0.05) is 35.9 Å². The van der Waals surface area contributed by atoms with Crippen LogP contribution >= 0.6 is 11.6 Å². The average Bonchev–Trinajstić information content (AvgIpc) is 3.40. The van der Waals surface area contributed by atoms with Crippen molar-refractivity contribution in [2.45, 2.75) is 37.7 Å². The molecule has 15 heteroatoms. The summed E-state index contributed by atoms with van der Waals surface area (Å²) in [6.45, 7) is -1.01. The number of hydrogen-bond acceptors (Lipinski definition) is 7. The van der Waals surface area contributed by atoms with E-state index in [1.807, 2.05) is 0 Å². The molecular weight excluding hydrogens is 754 g/mol. The van der Waals surface area contributed by atoms with Crippen molar-refractivity contribution in [1.29, 1.82) is 0 Å². The van der Waals surface area contributed by atoms with E-state index in [4.69, 9.17) is 16.3 Å². The topological polar surface area (TPSA) is 120 Å².